The lowest BCUT2D eigenvalue weighted by Gasteiger charge is -2.35. The first-order valence-electron chi connectivity index (χ1n) is 17.0. The van der Waals surface area contributed by atoms with E-state index in [0.29, 0.717) is 34.4 Å². The summed E-state index contributed by atoms with van der Waals surface area (Å²) in [6.07, 6.45) is 6.76. The van der Waals surface area contributed by atoms with Gasteiger partial charge in [-0.2, -0.15) is 0 Å². The molecule has 12 nitrogen and oxygen atoms in total. The van der Waals surface area contributed by atoms with Gasteiger partial charge in [-0.1, -0.05) is 62.3 Å². The first-order valence-corrected chi connectivity index (χ1v) is 17.0. The third-order valence-electron chi connectivity index (χ3n) is 7.61. The molecule has 0 unspecified atom stereocenters. The van der Waals surface area contributed by atoms with Crippen LogP contribution in [0, 0.1) is 16.2 Å². The van der Waals surface area contributed by atoms with Crippen LogP contribution in [0.2, 0.25) is 0 Å². The van der Waals surface area contributed by atoms with Gasteiger partial charge in [0.05, 0.1) is 18.1 Å². The van der Waals surface area contributed by atoms with Gasteiger partial charge in [0, 0.05) is 45.8 Å². The predicted molar refractivity (Wildman–Crippen MR) is 194 cm³/mol. The summed E-state index contributed by atoms with van der Waals surface area (Å²) in [6, 6.07) is 0.934. The van der Waals surface area contributed by atoms with E-state index in [2.05, 4.69) is 92.0 Å². The Labute approximate surface area is 275 Å². The summed E-state index contributed by atoms with van der Waals surface area (Å²) in [5, 5.41) is 0. The van der Waals surface area contributed by atoms with Crippen molar-refractivity contribution in [2.45, 2.75) is 119 Å². The van der Waals surface area contributed by atoms with Crippen molar-refractivity contribution in [3.8, 4) is 0 Å². The van der Waals surface area contributed by atoms with Gasteiger partial charge < -0.3 is 49.1 Å². The van der Waals surface area contributed by atoms with E-state index in [-0.39, 0.29) is 17.9 Å². The van der Waals surface area contributed by atoms with Crippen molar-refractivity contribution in [3.63, 3.8) is 0 Å². The predicted octanol–water partition coefficient (Wildman–Crippen LogP) is 2.31. The Morgan fingerprint density at radius 1 is 0.467 bits per heavy atom. The highest BCUT2D eigenvalue weighted by molar-refractivity contribution is 5.76. The number of hydrogen-bond donors (Lipinski definition) is 6. The normalized spacial score (nSPS) is 22.6. The van der Waals surface area contributed by atoms with Gasteiger partial charge in [-0.15, -0.1) is 0 Å². The zero-order chi connectivity index (χ0) is 34.4. The Kier molecular flexibility index (Phi) is 17.0. The molecule has 12 heteroatoms. The van der Waals surface area contributed by atoms with E-state index in [9.17, 15) is 0 Å². The molecule has 3 heterocycles. The van der Waals surface area contributed by atoms with E-state index in [1.54, 1.807) is 0 Å². The molecule has 2 atom stereocenters. The lowest BCUT2D eigenvalue weighted by atomic mass is 9.94. The molecule has 3 aliphatic rings. The van der Waals surface area contributed by atoms with Crippen LogP contribution in [0.4, 0.5) is 0 Å². The van der Waals surface area contributed by atoms with Crippen molar-refractivity contribution in [3.05, 3.63) is 0 Å². The maximum atomic E-state index is 5.41. The van der Waals surface area contributed by atoms with Crippen LogP contribution < -0.4 is 34.4 Å². The molecule has 0 aliphatic carbocycles. The van der Waals surface area contributed by atoms with Crippen LogP contribution in [0.5, 0.6) is 0 Å². The molecular formula is C33H72N12. The maximum Gasteiger partial charge on any atom is 0.186 e. The van der Waals surface area contributed by atoms with Gasteiger partial charge in [-0.3, -0.25) is 4.99 Å². The fourth-order valence-corrected chi connectivity index (χ4v) is 6.41. The second-order valence-corrected chi connectivity index (χ2v) is 16.9. The molecule has 0 spiro atoms. The van der Waals surface area contributed by atoms with Crippen LogP contribution in [0.15, 0.2) is 15.0 Å². The third kappa shape index (κ3) is 22.0. The van der Waals surface area contributed by atoms with Gasteiger partial charge in [0.1, 0.15) is 0 Å². The fourth-order valence-electron chi connectivity index (χ4n) is 6.41. The van der Waals surface area contributed by atoms with Crippen LogP contribution in [0.1, 0.15) is 101 Å². The minimum Gasteiger partial charge on any atom is -0.370 e. The Hall–Kier alpha value is -2.31. The molecule has 0 aromatic carbocycles. The van der Waals surface area contributed by atoms with Crippen molar-refractivity contribution in [1.29, 1.82) is 0 Å². The number of hydrogen-bond acceptors (Lipinski definition) is 6. The number of nitrogens with two attached hydrogens (primary N) is 6. The fraction of sp³-hybridized carbons (Fsp3) is 0.909. The number of guanidine groups is 3. The molecule has 3 rings (SSSR count). The van der Waals surface area contributed by atoms with E-state index in [0.717, 1.165) is 71.5 Å². The van der Waals surface area contributed by atoms with Crippen molar-refractivity contribution >= 4 is 17.9 Å². The number of aliphatic imine (C=N–C) groups is 3. The molecule has 0 aromatic rings. The zero-order valence-electron chi connectivity index (χ0n) is 30.5. The minimum atomic E-state index is 0.220. The minimum absolute atomic E-state index is 0.220. The topological polar surface area (TPSA) is 203 Å². The van der Waals surface area contributed by atoms with Crippen LogP contribution >= 0.6 is 0 Å². The van der Waals surface area contributed by atoms with Crippen LogP contribution in [-0.2, 0) is 0 Å². The molecule has 3 aliphatic heterocycles. The lowest BCUT2D eigenvalue weighted by molar-refractivity contribution is 0.152. The van der Waals surface area contributed by atoms with E-state index in [4.69, 9.17) is 34.4 Å². The Morgan fingerprint density at radius 2 is 0.778 bits per heavy atom. The Balaban J connectivity index is 0.000000337. The highest BCUT2D eigenvalue weighted by Crippen LogP contribution is 2.22. The largest absolute Gasteiger partial charge is 0.370 e. The number of nitrogens with zero attached hydrogens (tertiary/aromatic N) is 6. The molecule has 0 saturated carbocycles. The van der Waals surface area contributed by atoms with Gasteiger partial charge in [0.25, 0.3) is 0 Å². The van der Waals surface area contributed by atoms with E-state index in [1.165, 1.54) is 25.9 Å². The molecule has 12 N–H and O–H groups in total. The summed E-state index contributed by atoms with van der Waals surface area (Å²) in [5.41, 5.74) is 33.4. The van der Waals surface area contributed by atoms with Crippen molar-refractivity contribution < 1.29 is 0 Å². The summed E-state index contributed by atoms with van der Waals surface area (Å²) in [6.45, 7) is 30.3. The maximum absolute atomic E-state index is 5.41. The quantitative estimate of drug-likeness (QED) is 0.187. The molecule has 0 aromatic heterocycles. The van der Waals surface area contributed by atoms with E-state index < -0.39 is 0 Å². The van der Waals surface area contributed by atoms with Crippen LogP contribution in [0.3, 0.4) is 0 Å². The van der Waals surface area contributed by atoms with Crippen LogP contribution in [-0.4, -0.2) is 110 Å². The standard InChI is InChI=1S/3C11H24N4/c1-11(2,3)8-15-6-4-9(5-7-15)14-10(12)13;2*1-11(2,3)8-15-6-4-5-9(7-15)14-10(12)13/h3*9H,4-8H2,1-3H3,(H4,12,13,14)/t;2*9-/m.10/s1. The van der Waals surface area contributed by atoms with Crippen molar-refractivity contribution in [2.75, 3.05) is 58.9 Å². The first-order chi connectivity index (χ1) is 20.6. The molecular weight excluding hydrogens is 564 g/mol. The second kappa shape index (κ2) is 18.7. The second-order valence-electron chi connectivity index (χ2n) is 16.9. The summed E-state index contributed by atoms with van der Waals surface area (Å²) < 4.78 is 0. The zero-order valence-corrected chi connectivity index (χ0v) is 30.5. The lowest BCUT2D eigenvalue weighted by Crippen LogP contribution is -2.43. The molecule has 0 radical (unpaired) electrons. The van der Waals surface area contributed by atoms with Gasteiger partial charge in [-0.25, -0.2) is 9.98 Å². The van der Waals surface area contributed by atoms with E-state index >= 15 is 0 Å². The molecule has 0 bridgehead atoms. The highest BCUT2D eigenvalue weighted by Gasteiger charge is 2.25. The van der Waals surface area contributed by atoms with Gasteiger partial charge in [0.15, 0.2) is 17.9 Å². The molecule has 264 valence electrons. The highest BCUT2D eigenvalue weighted by atomic mass is 15.2. The number of likely N-dealkylation sites (tertiary alicyclic amines) is 3. The summed E-state index contributed by atoms with van der Waals surface area (Å²) in [7, 11) is 0. The smallest absolute Gasteiger partial charge is 0.186 e. The van der Waals surface area contributed by atoms with Gasteiger partial charge >= 0.3 is 0 Å². The van der Waals surface area contributed by atoms with Crippen LogP contribution in [0.25, 0.3) is 0 Å². The Morgan fingerprint density at radius 3 is 1.09 bits per heavy atom. The number of rotatable bonds is 6. The Bertz CT molecular complexity index is 855. The average Bonchev–Trinajstić information content (AvgIpc) is 2.82. The third-order valence-corrected chi connectivity index (χ3v) is 7.61. The first kappa shape index (κ1) is 40.7. The molecule has 0 amide bonds. The van der Waals surface area contributed by atoms with Gasteiger partial charge in [0.2, 0.25) is 0 Å². The van der Waals surface area contributed by atoms with Gasteiger partial charge in [-0.05, 0) is 67.9 Å². The summed E-state index contributed by atoms with van der Waals surface area (Å²) >= 11 is 0. The van der Waals surface area contributed by atoms with E-state index in [1.807, 2.05) is 0 Å². The molecule has 3 saturated heterocycles. The van der Waals surface area contributed by atoms with Crippen molar-refractivity contribution in [2.24, 2.45) is 65.6 Å². The van der Waals surface area contributed by atoms with Crippen molar-refractivity contribution in [1.82, 2.24) is 14.7 Å². The summed E-state index contributed by atoms with van der Waals surface area (Å²) in [5.74, 6) is 0.666. The SMILES string of the molecule is CC(C)(C)CN1CCC(N=C(N)N)CC1.CC(C)(C)CN1CCC[C@@H](N=C(N)N)C1.CC(C)(C)CN1CCC[C@H](N=C(N)N)C1. The monoisotopic (exact) mass is 637 g/mol. The molecule has 3 fully saturated rings. The average molecular weight is 637 g/mol. The molecule has 45 heavy (non-hydrogen) atoms. The number of piperidine rings is 3. The summed E-state index contributed by atoms with van der Waals surface area (Å²) in [4.78, 5) is 20.1.